The van der Waals surface area contributed by atoms with E-state index in [4.69, 9.17) is 5.11 Å². The van der Waals surface area contributed by atoms with E-state index in [0.29, 0.717) is 17.9 Å². The van der Waals surface area contributed by atoms with Gasteiger partial charge < -0.3 is 10.4 Å². The molecule has 2 N–H and O–H groups in total. The average molecular weight is 173 g/mol. The summed E-state index contributed by atoms with van der Waals surface area (Å²) in [6, 6.07) is 0.596. The van der Waals surface area contributed by atoms with E-state index in [1.807, 2.05) is 0 Å². The van der Waals surface area contributed by atoms with Crippen molar-refractivity contribution in [3.8, 4) is 0 Å². The smallest absolute Gasteiger partial charge is 0.0468 e. The second kappa shape index (κ2) is 6.44. The van der Waals surface area contributed by atoms with E-state index in [9.17, 15) is 0 Å². The summed E-state index contributed by atoms with van der Waals surface area (Å²) in [5, 5.41) is 12.3. The summed E-state index contributed by atoms with van der Waals surface area (Å²) in [5.74, 6) is 1.05. The number of rotatable bonds is 6. The number of hydrogen-bond donors (Lipinski definition) is 2. The maximum Gasteiger partial charge on any atom is 0.0468 e. The summed E-state index contributed by atoms with van der Waals surface area (Å²) in [6.45, 7) is 9.91. The molecule has 0 heterocycles. The van der Waals surface area contributed by atoms with Crippen LogP contribution in [0, 0.1) is 11.8 Å². The van der Waals surface area contributed by atoms with Crippen LogP contribution in [0.2, 0.25) is 0 Å². The van der Waals surface area contributed by atoms with Crippen molar-refractivity contribution in [2.75, 3.05) is 13.2 Å². The summed E-state index contributed by atoms with van der Waals surface area (Å²) >= 11 is 0. The van der Waals surface area contributed by atoms with Gasteiger partial charge in [0.05, 0.1) is 0 Å². The predicted octanol–water partition coefficient (Wildman–Crippen LogP) is 1.64. The van der Waals surface area contributed by atoms with Crippen LogP contribution in [0.5, 0.6) is 0 Å². The predicted molar refractivity (Wildman–Crippen MR) is 53.2 cm³/mol. The van der Waals surface area contributed by atoms with Crippen molar-refractivity contribution in [3.05, 3.63) is 0 Å². The quantitative estimate of drug-likeness (QED) is 0.640. The van der Waals surface area contributed by atoms with Crippen molar-refractivity contribution < 1.29 is 5.11 Å². The molecule has 0 amide bonds. The van der Waals surface area contributed by atoms with Gasteiger partial charge in [-0.15, -0.1) is 0 Å². The van der Waals surface area contributed by atoms with Crippen LogP contribution in [0.3, 0.4) is 0 Å². The van der Waals surface area contributed by atoms with E-state index >= 15 is 0 Å². The molecule has 0 radical (unpaired) electrons. The molecule has 2 atom stereocenters. The molecule has 0 saturated heterocycles. The van der Waals surface area contributed by atoms with E-state index in [1.54, 1.807) is 0 Å². The number of aliphatic hydroxyl groups excluding tert-OH is 1. The van der Waals surface area contributed by atoms with Crippen LogP contribution in [-0.4, -0.2) is 24.3 Å². The lowest BCUT2D eigenvalue weighted by atomic mass is 10.0. The van der Waals surface area contributed by atoms with E-state index in [0.717, 1.165) is 13.0 Å². The molecule has 0 fully saturated rings. The lowest BCUT2D eigenvalue weighted by molar-refractivity contribution is 0.225. The highest BCUT2D eigenvalue weighted by atomic mass is 16.3. The molecule has 0 aromatic carbocycles. The minimum absolute atomic E-state index is 0.279. The Balaban J connectivity index is 3.58. The lowest BCUT2D eigenvalue weighted by Gasteiger charge is -2.22. The molecule has 0 rings (SSSR count). The highest BCUT2D eigenvalue weighted by molar-refractivity contribution is 4.69. The van der Waals surface area contributed by atoms with Crippen LogP contribution in [0.25, 0.3) is 0 Å². The summed E-state index contributed by atoms with van der Waals surface area (Å²) in [7, 11) is 0. The molecule has 0 aliphatic rings. The Labute approximate surface area is 76.4 Å². The largest absolute Gasteiger partial charge is 0.396 e. The third-order valence-electron chi connectivity index (χ3n) is 2.28. The van der Waals surface area contributed by atoms with Crippen molar-refractivity contribution in [3.63, 3.8) is 0 Å². The van der Waals surface area contributed by atoms with Gasteiger partial charge in [-0.25, -0.2) is 0 Å². The molecule has 0 aromatic rings. The summed E-state index contributed by atoms with van der Waals surface area (Å²) < 4.78 is 0. The molecule has 0 bridgehead atoms. The first-order chi connectivity index (χ1) is 5.61. The van der Waals surface area contributed by atoms with E-state index < -0.39 is 0 Å². The van der Waals surface area contributed by atoms with Gasteiger partial charge in [0.1, 0.15) is 0 Å². The highest BCUT2D eigenvalue weighted by Gasteiger charge is 2.10. The van der Waals surface area contributed by atoms with Gasteiger partial charge in [0.2, 0.25) is 0 Å². The molecule has 0 aliphatic carbocycles. The minimum Gasteiger partial charge on any atom is -0.396 e. The van der Waals surface area contributed by atoms with Crippen molar-refractivity contribution in [2.45, 2.75) is 40.2 Å². The average Bonchev–Trinajstić information content (AvgIpc) is 2.04. The van der Waals surface area contributed by atoms with Gasteiger partial charge in [-0.1, -0.05) is 27.7 Å². The number of hydrogen-bond acceptors (Lipinski definition) is 2. The topological polar surface area (TPSA) is 32.3 Å². The third kappa shape index (κ3) is 4.73. The zero-order valence-electron chi connectivity index (χ0n) is 8.80. The highest BCUT2D eigenvalue weighted by Crippen LogP contribution is 2.05. The summed E-state index contributed by atoms with van der Waals surface area (Å²) in [4.78, 5) is 0. The van der Waals surface area contributed by atoms with Crippen LogP contribution >= 0.6 is 0 Å². The normalized spacial score (nSPS) is 16.5. The molecule has 0 spiro atoms. The van der Waals surface area contributed by atoms with Crippen LogP contribution in [-0.2, 0) is 0 Å². The van der Waals surface area contributed by atoms with E-state index in [2.05, 4.69) is 33.0 Å². The minimum atomic E-state index is 0.279. The Morgan fingerprint density at radius 1 is 1.25 bits per heavy atom. The van der Waals surface area contributed by atoms with Gasteiger partial charge in [0, 0.05) is 19.2 Å². The monoisotopic (exact) mass is 173 g/mol. The van der Waals surface area contributed by atoms with Crippen molar-refractivity contribution >= 4 is 0 Å². The standard InChI is InChI=1S/C10H23NO/c1-5-10(8(2)3)11-6-9(4)7-12/h8-12H,5-7H2,1-4H3. The van der Waals surface area contributed by atoms with Crippen LogP contribution in [0.4, 0.5) is 0 Å². The molecule has 2 nitrogen and oxygen atoms in total. The van der Waals surface area contributed by atoms with E-state index in [-0.39, 0.29) is 6.61 Å². The van der Waals surface area contributed by atoms with Gasteiger partial charge in [-0.2, -0.15) is 0 Å². The second-order valence-corrected chi connectivity index (χ2v) is 3.95. The molecule has 2 heteroatoms. The Hall–Kier alpha value is -0.0800. The fourth-order valence-electron chi connectivity index (χ4n) is 1.27. The van der Waals surface area contributed by atoms with Crippen LogP contribution < -0.4 is 5.32 Å². The third-order valence-corrected chi connectivity index (χ3v) is 2.28. The summed E-state index contributed by atoms with van der Waals surface area (Å²) in [5.41, 5.74) is 0. The van der Waals surface area contributed by atoms with E-state index in [1.165, 1.54) is 0 Å². The maximum atomic E-state index is 8.82. The van der Waals surface area contributed by atoms with Gasteiger partial charge >= 0.3 is 0 Å². The molecule has 74 valence electrons. The van der Waals surface area contributed by atoms with Crippen LogP contribution in [0.1, 0.15) is 34.1 Å². The Morgan fingerprint density at radius 3 is 2.17 bits per heavy atom. The van der Waals surface area contributed by atoms with Gasteiger partial charge in [0.15, 0.2) is 0 Å². The zero-order valence-corrected chi connectivity index (χ0v) is 8.80. The summed E-state index contributed by atoms with van der Waals surface area (Å²) in [6.07, 6.45) is 1.16. The van der Waals surface area contributed by atoms with Crippen molar-refractivity contribution in [1.29, 1.82) is 0 Å². The second-order valence-electron chi connectivity index (χ2n) is 3.95. The SMILES string of the molecule is CCC(NCC(C)CO)C(C)C. The maximum absolute atomic E-state index is 8.82. The molecule has 0 aliphatic heterocycles. The number of aliphatic hydroxyl groups is 1. The first-order valence-corrected chi connectivity index (χ1v) is 4.96. The number of nitrogens with one attached hydrogen (secondary N) is 1. The van der Waals surface area contributed by atoms with Gasteiger partial charge in [-0.05, 0) is 18.3 Å². The first-order valence-electron chi connectivity index (χ1n) is 4.96. The fourth-order valence-corrected chi connectivity index (χ4v) is 1.27. The Bertz CT molecular complexity index is 104. The lowest BCUT2D eigenvalue weighted by Crippen LogP contribution is -2.36. The van der Waals surface area contributed by atoms with Crippen molar-refractivity contribution in [2.24, 2.45) is 11.8 Å². The molecule has 0 aromatic heterocycles. The molecular formula is C10H23NO. The molecule has 2 unspecified atom stereocenters. The Kier molecular flexibility index (Phi) is 6.39. The fraction of sp³-hybridized carbons (Fsp3) is 1.00. The molecule has 0 saturated carbocycles. The molecular weight excluding hydrogens is 150 g/mol. The molecule has 12 heavy (non-hydrogen) atoms. The van der Waals surface area contributed by atoms with Crippen molar-refractivity contribution in [1.82, 2.24) is 5.32 Å². The van der Waals surface area contributed by atoms with Gasteiger partial charge in [-0.3, -0.25) is 0 Å². The Morgan fingerprint density at radius 2 is 1.83 bits per heavy atom. The zero-order chi connectivity index (χ0) is 9.56. The van der Waals surface area contributed by atoms with Crippen LogP contribution in [0.15, 0.2) is 0 Å². The first kappa shape index (κ1) is 11.9. The van der Waals surface area contributed by atoms with Gasteiger partial charge in [0.25, 0.3) is 0 Å².